The Kier molecular flexibility index (Phi) is 7.01. The first-order valence-corrected chi connectivity index (χ1v) is 13.0. The van der Waals surface area contributed by atoms with E-state index in [1.54, 1.807) is 18.3 Å². The van der Waals surface area contributed by atoms with Gasteiger partial charge < -0.3 is 19.2 Å². The Balaban J connectivity index is 1.37. The monoisotopic (exact) mass is 570 g/mol. The molecule has 4 atom stereocenters. The average molecular weight is 571 g/mol. The molecule has 2 aliphatic rings. The van der Waals surface area contributed by atoms with Crippen LogP contribution in [-0.2, 0) is 15.7 Å². The second-order valence-corrected chi connectivity index (χ2v) is 10.8. The Morgan fingerprint density at radius 2 is 2.12 bits per heavy atom. The van der Waals surface area contributed by atoms with Crippen molar-refractivity contribution in [2.24, 2.45) is 11.8 Å². The minimum absolute atomic E-state index is 0.0411. The zero-order chi connectivity index (χ0) is 28.9. The van der Waals surface area contributed by atoms with Crippen molar-refractivity contribution < 1.29 is 27.4 Å². The predicted octanol–water partition coefficient (Wildman–Crippen LogP) is 6.35. The zero-order valence-corrected chi connectivity index (χ0v) is 22.6. The number of halogens is 4. The summed E-state index contributed by atoms with van der Waals surface area (Å²) >= 11 is 5.99. The van der Waals surface area contributed by atoms with Crippen molar-refractivity contribution in [3.05, 3.63) is 71.2 Å². The molecule has 7 nitrogen and oxygen atoms in total. The summed E-state index contributed by atoms with van der Waals surface area (Å²) in [6.45, 7) is 6.38. The van der Waals surface area contributed by atoms with Gasteiger partial charge in [-0.25, -0.2) is 4.98 Å². The van der Waals surface area contributed by atoms with Crippen molar-refractivity contribution >= 4 is 34.5 Å². The Bertz CT molecular complexity index is 1540. The number of anilines is 1. The van der Waals surface area contributed by atoms with E-state index in [2.05, 4.69) is 22.6 Å². The molecule has 2 aliphatic heterocycles. The normalized spacial score (nSPS) is 25.5. The third-order valence-corrected chi connectivity index (χ3v) is 8.44. The first-order chi connectivity index (χ1) is 18.9. The van der Waals surface area contributed by atoms with Crippen LogP contribution in [0, 0.1) is 23.2 Å². The lowest BCUT2D eigenvalue weighted by atomic mass is 9.65. The molecule has 0 saturated carbocycles. The number of alkyl halides is 3. The van der Waals surface area contributed by atoms with Crippen LogP contribution in [0.4, 0.5) is 18.9 Å². The number of fused-ring (bicyclic) bond motifs is 3. The van der Waals surface area contributed by atoms with Crippen LogP contribution in [-0.4, -0.2) is 41.1 Å². The number of carbonyl (C=O) groups excluding carboxylic acids is 1. The fourth-order valence-electron chi connectivity index (χ4n) is 6.18. The molecule has 0 N–H and O–H groups in total. The van der Waals surface area contributed by atoms with Gasteiger partial charge in [-0.2, -0.15) is 18.4 Å². The number of carbonyl (C=O) groups is 1. The van der Waals surface area contributed by atoms with Gasteiger partial charge in [0.05, 0.1) is 46.1 Å². The van der Waals surface area contributed by atoms with Crippen LogP contribution in [0.2, 0.25) is 5.02 Å². The van der Waals surface area contributed by atoms with E-state index in [1.165, 1.54) is 0 Å². The topological polar surface area (TPSA) is 88.3 Å². The van der Waals surface area contributed by atoms with Gasteiger partial charge in [0.15, 0.2) is 0 Å². The lowest BCUT2D eigenvalue weighted by Crippen LogP contribution is -2.45. The van der Waals surface area contributed by atoms with E-state index in [-0.39, 0.29) is 23.4 Å². The van der Waals surface area contributed by atoms with Gasteiger partial charge in [-0.05, 0) is 50.1 Å². The highest BCUT2D eigenvalue weighted by Gasteiger charge is 2.66. The predicted molar refractivity (Wildman–Crippen MR) is 143 cm³/mol. The van der Waals surface area contributed by atoms with Crippen LogP contribution < -0.4 is 9.64 Å². The number of rotatable bonds is 8. The van der Waals surface area contributed by atoms with Crippen LogP contribution in [0.5, 0.6) is 5.88 Å². The molecule has 2 aromatic heterocycles. The maximum atomic E-state index is 12.9. The molecule has 2 bridgehead atoms. The third-order valence-electron chi connectivity index (χ3n) is 8.17. The van der Waals surface area contributed by atoms with Crippen molar-refractivity contribution in [3.63, 3.8) is 0 Å². The maximum Gasteiger partial charge on any atom is 0.417 e. The van der Waals surface area contributed by atoms with Gasteiger partial charge in [0.1, 0.15) is 17.4 Å². The van der Waals surface area contributed by atoms with Crippen LogP contribution in [0.15, 0.2) is 55.0 Å². The van der Waals surface area contributed by atoms with E-state index >= 15 is 0 Å². The molecule has 2 fully saturated rings. The fraction of sp³-hybridized carbons (Fsp3) is 0.379. The molecule has 3 aromatic rings. The molecule has 0 aliphatic carbocycles. The number of nitrogens with zero attached hydrogens (tertiary/aromatic N) is 4. The quantitative estimate of drug-likeness (QED) is 0.292. The summed E-state index contributed by atoms with van der Waals surface area (Å²) in [6, 6.07) is 10.2. The van der Waals surface area contributed by atoms with Crippen LogP contribution in [0.3, 0.4) is 0 Å². The number of aldehydes is 1. The van der Waals surface area contributed by atoms with Crippen LogP contribution in [0.1, 0.15) is 37.3 Å². The van der Waals surface area contributed by atoms with Crippen molar-refractivity contribution in [1.29, 1.82) is 5.26 Å². The molecule has 5 rings (SSSR count). The number of pyridine rings is 2. The first kappa shape index (κ1) is 27.9. The zero-order valence-electron chi connectivity index (χ0n) is 21.8. The maximum absolute atomic E-state index is 12.9. The lowest BCUT2D eigenvalue weighted by molar-refractivity contribution is -0.137. The molecular formula is C29H26ClF3N4O3. The van der Waals surface area contributed by atoms with Gasteiger partial charge in [-0.3, -0.25) is 4.98 Å². The molecule has 0 unspecified atom stereocenters. The van der Waals surface area contributed by atoms with Crippen molar-refractivity contribution in [3.8, 4) is 11.9 Å². The molecule has 1 aromatic carbocycles. The molecule has 4 heterocycles. The highest BCUT2D eigenvalue weighted by atomic mass is 35.5. The van der Waals surface area contributed by atoms with Crippen LogP contribution in [0.25, 0.3) is 10.9 Å². The summed E-state index contributed by atoms with van der Waals surface area (Å²) in [5, 5.41) is 10.0. The Morgan fingerprint density at radius 3 is 2.80 bits per heavy atom. The Hall–Kier alpha value is -3.68. The van der Waals surface area contributed by atoms with E-state index in [1.807, 2.05) is 31.0 Å². The molecule has 0 spiro atoms. The van der Waals surface area contributed by atoms with Crippen molar-refractivity contribution in [2.75, 3.05) is 18.6 Å². The number of nitriles is 1. The second kappa shape index (κ2) is 10.1. The number of hydrogen-bond acceptors (Lipinski definition) is 7. The second-order valence-electron chi connectivity index (χ2n) is 10.4. The molecule has 0 amide bonds. The first-order valence-electron chi connectivity index (χ1n) is 12.7. The number of benzene rings is 1. The smallest absolute Gasteiger partial charge is 0.417 e. The molecule has 40 heavy (non-hydrogen) atoms. The highest BCUT2D eigenvalue weighted by molar-refractivity contribution is 6.31. The summed E-state index contributed by atoms with van der Waals surface area (Å²) in [6.07, 6.45) is 0.241. The van der Waals surface area contributed by atoms with E-state index in [0.29, 0.717) is 42.2 Å². The van der Waals surface area contributed by atoms with Crippen LogP contribution >= 0.6 is 11.6 Å². The number of ether oxygens (including phenoxy) is 2. The van der Waals surface area contributed by atoms with Crippen molar-refractivity contribution in [1.82, 2.24) is 9.97 Å². The third kappa shape index (κ3) is 4.57. The van der Waals surface area contributed by atoms with E-state index in [9.17, 15) is 23.2 Å². The summed E-state index contributed by atoms with van der Waals surface area (Å²) in [4.78, 5) is 22.6. The van der Waals surface area contributed by atoms with Gasteiger partial charge in [-0.1, -0.05) is 18.2 Å². The van der Waals surface area contributed by atoms with Gasteiger partial charge in [0, 0.05) is 42.9 Å². The van der Waals surface area contributed by atoms with E-state index in [4.69, 9.17) is 21.1 Å². The Morgan fingerprint density at radius 1 is 1.35 bits per heavy atom. The van der Waals surface area contributed by atoms with E-state index < -0.39 is 28.9 Å². The average Bonchev–Trinajstić information content (AvgIpc) is 3.40. The highest BCUT2D eigenvalue weighted by Crippen LogP contribution is 2.60. The van der Waals surface area contributed by atoms with Crippen molar-refractivity contribution in [2.45, 2.75) is 43.6 Å². The fourth-order valence-corrected chi connectivity index (χ4v) is 6.40. The van der Waals surface area contributed by atoms with Gasteiger partial charge in [-0.15, -0.1) is 0 Å². The number of hydrogen-bond donors (Lipinski definition) is 0. The minimum atomic E-state index is -4.57. The molecule has 2 saturated heterocycles. The minimum Gasteiger partial charge on any atom is -0.476 e. The van der Waals surface area contributed by atoms with Gasteiger partial charge >= 0.3 is 6.18 Å². The Labute approximate surface area is 234 Å². The lowest BCUT2D eigenvalue weighted by Gasteiger charge is -2.39. The summed E-state index contributed by atoms with van der Waals surface area (Å²) in [5.41, 5.74) is 0.0494. The van der Waals surface area contributed by atoms with Gasteiger partial charge in [0.2, 0.25) is 5.88 Å². The summed E-state index contributed by atoms with van der Waals surface area (Å²) < 4.78 is 51.0. The molecule has 0 radical (unpaired) electrons. The number of aromatic nitrogens is 2. The van der Waals surface area contributed by atoms with Gasteiger partial charge in [0.25, 0.3) is 0 Å². The standard InChI is InChI=1S/C29H26ClF3N4O3/c1-17(37(3)23-7-6-18(14-34)25-20(23)5-4-11-35-25)24-21(16-38)28(9-8-27(24,2)40-28)10-12-39-26-22(30)13-19(15-36-26)29(31,32)33/h4-7,11,13,15-16,21,24H,1,8-10,12H2,2-3H3/t21-,24+,27-,28-/m1/s1. The molecular weight excluding hydrogens is 545 g/mol. The molecule has 11 heteroatoms. The summed E-state index contributed by atoms with van der Waals surface area (Å²) in [5.74, 6) is -1.00. The summed E-state index contributed by atoms with van der Waals surface area (Å²) in [7, 11) is 1.86. The van der Waals surface area contributed by atoms with E-state index in [0.717, 1.165) is 23.4 Å². The molecule has 208 valence electrons. The largest absolute Gasteiger partial charge is 0.476 e. The SMILES string of the molecule is C=C([C@H]1[C@@H](C=O)[C@]2(CCOc3ncc(C(F)(F)F)cc3Cl)CC[C@@]1(C)O2)N(C)c1ccc(C#N)c2ncccc12.